The van der Waals surface area contributed by atoms with E-state index >= 15 is 0 Å². The van der Waals surface area contributed by atoms with Gasteiger partial charge in [-0.15, -0.1) is 22.7 Å². The van der Waals surface area contributed by atoms with Crippen LogP contribution in [0.25, 0.3) is 31.2 Å². The van der Waals surface area contributed by atoms with Crippen molar-refractivity contribution in [3.8, 4) is 21.8 Å². The summed E-state index contributed by atoms with van der Waals surface area (Å²) in [5.74, 6) is 0. The molecule has 152 valence electrons. The number of nitrogens with one attached hydrogen (secondary N) is 1. The second-order valence-electron chi connectivity index (χ2n) is 6.94. The lowest BCUT2D eigenvalue weighted by atomic mass is 10.0. The molecule has 29 heavy (non-hydrogen) atoms. The Morgan fingerprint density at radius 1 is 1.10 bits per heavy atom. The van der Waals surface area contributed by atoms with Gasteiger partial charge in [-0.1, -0.05) is 26.2 Å². The van der Waals surface area contributed by atoms with Crippen molar-refractivity contribution in [1.82, 2.24) is 15.2 Å². The molecule has 0 bridgehead atoms. The number of aryl methyl sites for hydroxylation is 1. The summed E-state index contributed by atoms with van der Waals surface area (Å²) in [5, 5.41) is 9.26. The Morgan fingerprint density at radius 2 is 1.97 bits per heavy atom. The minimum absolute atomic E-state index is 0.266. The van der Waals surface area contributed by atoms with Crippen LogP contribution in [0.2, 0.25) is 0 Å². The molecule has 8 heteroatoms. The molecular weight excluding hydrogens is 415 g/mol. The fraction of sp³-hybridized carbons (Fsp3) is 0.333. The van der Waals surface area contributed by atoms with Crippen molar-refractivity contribution in [2.75, 3.05) is 0 Å². The van der Waals surface area contributed by atoms with Gasteiger partial charge in [-0.2, -0.15) is 18.3 Å². The van der Waals surface area contributed by atoms with Gasteiger partial charge in [-0.3, -0.25) is 10.1 Å². The van der Waals surface area contributed by atoms with E-state index in [1.807, 2.05) is 12.1 Å². The van der Waals surface area contributed by atoms with Gasteiger partial charge in [0.25, 0.3) is 0 Å². The lowest BCUT2D eigenvalue weighted by Crippen LogP contribution is -2.04. The van der Waals surface area contributed by atoms with Crippen molar-refractivity contribution in [2.24, 2.45) is 0 Å². The van der Waals surface area contributed by atoms with Crippen molar-refractivity contribution in [2.45, 2.75) is 45.2 Å². The van der Waals surface area contributed by atoms with E-state index in [-0.39, 0.29) is 5.69 Å². The third-order valence-corrected chi connectivity index (χ3v) is 7.21. The highest BCUT2D eigenvalue weighted by atomic mass is 32.2. The minimum Gasteiger partial charge on any atom is -0.276 e. The molecule has 4 aromatic rings. The number of aromatic amines is 1. The van der Waals surface area contributed by atoms with E-state index in [4.69, 9.17) is 0 Å². The first-order chi connectivity index (χ1) is 14.0. The molecule has 0 amide bonds. The van der Waals surface area contributed by atoms with Crippen molar-refractivity contribution in [3.63, 3.8) is 0 Å². The van der Waals surface area contributed by atoms with Gasteiger partial charge in [-0.25, -0.2) is 0 Å². The number of fused-ring (bicyclic) bond motifs is 1. The quantitative estimate of drug-likeness (QED) is 0.304. The van der Waals surface area contributed by atoms with E-state index < -0.39 is 11.9 Å². The maximum absolute atomic E-state index is 12.9. The Bertz CT molecular complexity index is 1110. The summed E-state index contributed by atoms with van der Waals surface area (Å²) in [6.07, 6.45) is 2.94. The van der Waals surface area contributed by atoms with Gasteiger partial charge in [0.15, 0.2) is 5.69 Å². The highest BCUT2D eigenvalue weighted by Crippen LogP contribution is 2.42. The first-order valence-corrected chi connectivity index (χ1v) is 11.2. The first kappa shape index (κ1) is 20.1. The zero-order chi connectivity index (χ0) is 20.4. The molecule has 0 saturated heterocycles. The second kappa shape index (κ2) is 8.28. The summed E-state index contributed by atoms with van der Waals surface area (Å²) in [6, 6.07) is 6.95. The smallest absolute Gasteiger partial charge is 0.276 e. The molecule has 0 aromatic carbocycles. The number of unbranched alkanes of at least 4 members (excludes halogenated alkanes) is 3. The predicted molar refractivity (Wildman–Crippen MR) is 113 cm³/mol. The van der Waals surface area contributed by atoms with Crippen molar-refractivity contribution < 1.29 is 13.2 Å². The van der Waals surface area contributed by atoms with Crippen LogP contribution in [-0.2, 0) is 12.6 Å². The lowest BCUT2D eigenvalue weighted by molar-refractivity contribution is -0.141. The van der Waals surface area contributed by atoms with Crippen LogP contribution >= 0.6 is 22.7 Å². The molecule has 0 radical (unpaired) electrons. The van der Waals surface area contributed by atoms with Crippen LogP contribution in [0.1, 0.15) is 43.9 Å². The molecule has 0 fully saturated rings. The predicted octanol–water partition coefficient (Wildman–Crippen LogP) is 7.56. The molecule has 4 aromatic heterocycles. The average Bonchev–Trinajstić information content (AvgIpc) is 3.41. The number of thiophene rings is 2. The third kappa shape index (κ3) is 4.23. The fourth-order valence-corrected chi connectivity index (χ4v) is 5.72. The van der Waals surface area contributed by atoms with E-state index in [9.17, 15) is 13.2 Å². The van der Waals surface area contributed by atoms with Crippen LogP contribution < -0.4 is 0 Å². The standard InChI is InChI=1S/C21H20F3N3S2/c1-2-3-4-5-6-14-15-8-10-28-20(15)29-19(14)13-7-9-25-16(11-13)17-12-18(27-26-17)21(22,23)24/h7-12H,2-6H2,1H3,(H,26,27). The fourth-order valence-electron chi connectivity index (χ4n) is 3.40. The number of rotatable bonds is 7. The van der Waals surface area contributed by atoms with Gasteiger partial charge in [0.2, 0.25) is 0 Å². The maximum atomic E-state index is 12.9. The Kier molecular flexibility index (Phi) is 5.74. The number of aromatic nitrogens is 3. The van der Waals surface area contributed by atoms with Crippen LogP contribution in [0.5, 0.6) is 0 Å². The molecule has 0 saturated carbocycles. The largest absolute Gasteiger partial charge is 0.435 e. The molecule has 0 atom stereocenters. The molecule has 0 aliphatic carbocycles. The second-order valence-corrected chi connectivity index (χ2v) is 9.13. The molecule has 0 unspecified atom stereocenters. The molecular formula is C21H20F3N3S2. The number of nitrogens with zero attached hydrogens (tertiary/aromatic N) is 2. The summed E-state index contributed by atoms with van der Waals surface area (Å²) in [6.45, 7) is 2.20. The number of hydrogen-bond acceptors (Lipinski definition) is 4. The number of pyridine rings is 1. The van der Waals surface area contributed by atoms with Gasteiger partial charge in [0.05, 0.1) is 15.4 Å². The SMILES string of the molecule is CCCCCCc1c(-c2ccnc(-c3cc(C(F)(F)F)n[nH]3)c2)sc2sccc12. The van der Waals surface area contributed by atoms with E-state index in [1.165, 1.54) is 39.1 Å². The summed E-state index contributed by atoms with van der Waals surface area (Å²) >= 11 is 3.47. The minimum atomic E-state index is -4.48. The highest BCUT2D eigenvalue weighted by molar-refractivity contribution is 7.39. The maximum Gasteiger partial charge on any atom is 0.435 e. The third-order valence-electron chi connectivity index (χ3n) is 4.87. The monoisotopic (exact) mass is 435 g/mol. The molecule has 0 aliphatic rings. The molecule has 3 nitrogen and oxygen atoms in total. The Hall–Kier alpha value is -2.19. The first-order valence-electron chi connectivity index (χ1n) is 9.55. The normalized spacial score (nSPS) is 12.1. The summed E-state index contributed by atoms with van der Waals surface area (Å²) in [7, 11) is 0. The molecule has 1 N–H and O–H groups in total. The van der Waals surface area contributed by atoms with Crippen LogP contribution in [0, 0.1) is 0 Å². The Labute approximate surface area is 174 Å². The van der Waals surface area contributed by atoms with Crippen LogP contribution in [0.4, 0.5) is 13.2 Å². The van der Waals surface area contributed by atoms with Gasteiger partial charge in [0, 0.05) is 16.5 Å². The Morgan fingerprint density at radius 3 is 2.72 bits per heavy atom. The summed E-state index contributed by atoms with van der Waals surface area (Å²) in [5.41, 5.74) is 2.10. The van der Waals surface area contributed by atoms with Crippen LogP contribution in [0.3, 0.4) is 0 Å². The van der Waals surface area contributed by atoms with Gasteiger partial charge in [0.1, 0.15) is 0 Å². The van der Waals surface area contributed by atoms with Gasteiger partial charge < -0.3 is 0 Å². The number of H-pyrrole nitrogens is 1. The van der Waals surface area contributed by atoms with E-state index in [0.717, 1.165) is 24.5 Å². The lowest BCUT2D eigenvalue weighted by Gasteiger charge is -2.06. The topological polar surface area (TPSA) is 41.6 Å². The van der Waals surface area contributed by atoms with E-state index in [1.54, 1.807) is 28.9 Å². The molecule has 4 rings (SSSR count). The van der Waals surface area contributed by atoms with Crippen LogP contribution in [0.15, 0.2) is 35.8 Å². The molecule has 0 spiro atoms. The zero-order valence-corrected chi connectivity index (χ0v) is 17.5. The number of halogens is 3. The van der Waals surface area contributed by atoms with E-state index in [0.29, 0.717) is 5.69 Å². The number of alkyl halides is 3. The Balaban J connectivity index is 1.68. The molecule has 4 heterocycles. The van der Waals surface area contributed by atoms with Crippen molar-refractivity contribution in [1.29, 1.82) is 0 Å². The zero-order valence-electron chi connectivity index (χ0n) is 15.8. The average molecular weight is 436 g/mol. The summed E-state index contributed by atoms with van der Waals surface area (Å²) < 4.78 is 39.9. The van der Waals surface area contributed by atoms with Gasteiger partial charge >= 0.3 is 6.18 Å². The highest BCUT2D eigenvalue weighted by Gasteiger charge is 2.34. The van der Waals surface area contributed by atoms with Gasteiger partial charge in [-0.05, 0) is 53.6 Å². The van der Waals surface area contributed by atoms with Crippen molar-refractivity contribution in [3.05, 3.63) is 47.1 Å². The van der Waals surface area contributed by atoms with Crippen LogP contribution in [-0.4, -0.2) is 15.2 Å². The van der Waals surface area contributed by atoms with E-state index in [2.05, 4.69) is 33.6 Å². The number of hydrogen-bond donors (Lipinski definition) is 1. The van der Waals surface area contributed by atoms with Crippen molar-refractivity contribution >= 4 is 32.1 Å². The molecule has 0 aliphatic heterocycles. The summed E-state index contributed by atoms with van der Waals surface area (Å²) in [4.78, 5) is 5.44.